The molecule has 22 heavy (non-hydrogen) atoms. The van der Waals surface area contributed by atoms with Crippen LogP contribution in [-0.4, -0.2) is 50.3 Å². The van der Waals surface area contributed by atoms with Gasteiger partial charge in [0, 0.05) is 44.8 Å². The number of likely N-dealkylation sites (tertiary alicyclic amines) is 1. The van der Waals surface area contributed by atoms with Crippen LogP contribution < -0.4 is 5.32 Å². The SMILES string of the molecule is CN=C(NCC1(CCOC)CCC1)N1CC(C)(C)C1(C)C.I. The highest BCUT2D eigenvalue weighted by Gasteiger charge is 2.54. The minimum atomic E-state index is 0. The van der Waals surface area contributed by atoms with Crippen molar-refractivity contribution in [2.24, 2.45) is 15.8 Å². The Morgan fingerprint density at radius 2 is 1.86 bits per heavy atom. The molecule has 0 aromatic heterocycles. The number of aliphatic imine (C=N–C) groups is 1. The highest BCUT2D eigenvalue weighted by molar-refractivity contribution is 14.0. The summed E-state index contributed by atoms with van der Waals surface area (Å²) in [5, 5.41) is 3.64. The van der Waals surface area contributed by atoms with Crippen LogP contribution in [0.3, 0.4) is 0 Å². The topological polar surface area (TPSA) is 36.9 Å². The molecule has 1 saturated carbocycles. The second-order valence-electron chi connectivity index (χ2n) is 8.03. The fourth-order valence-electron chi connectivity index (χ4n) is 3.47. The molecule has 130 valence electrons. The van der Waals surface area contributed by atoms with E-state index < -0.39 is 0 Å². The van der Waals surface area contributed by atoms with E-state index in [9.17, 15) is 0 Å². The molecule has 0 spiro atoms. The molecule has 1 heterocycles. The molecule has 0 aromatic carbocycles. The monoisotopic (exact) mass is 423 g/mol. The molecule has 0 amide bonds. The molecule has 1 aliphatic carbocycles. The molecule has 2 fully saturated rings. The Morgan fingerprint density at radius 3 is 2.23 bits per heavy atom. The van der Waals surface area contributed by atoms with Crippen molar-refractivity contribution in [1.29, 1.82) is 0 Å². The molecule has 4 nitrogen and oxygen atoms in total. The largest absolute Gasteiger partial charge is 0.385 e. The van der Waals surface area contributed by atoms with Gasteiger partial charge in [-0.25, -0.2) is 0 Å². The summed E-state index contributed by atoms with van der Waals surface area (Å²) in [5.74, 6) is 1.06. The summed E-state index contributed by atoms with van der Waals surface area (Å²) >= 11 is 0. The Bertz CT molecular complexity index is 403. The molecule has 0 radical (unpaired) electrons. The standard InChI is InChI=1S/C17H33N3O.HI/c1-15(2)13-20(16(15,3)4)14(18-5)19-12-17(8-7-9-17)10-11-21-6;/h7-13H2,1-6H3,(H,18,19);1H. The fraction of sp³-hybridized carbons (Fsp3) is 0.941. The number of halogens is 1. The molecule has 1 aliphatic heterocycles. The van der Waals surface area contributed by atoms with Crippen LogP contribution in [0, 0.1) is 10.8 Å². The van der Waals surface area contributed by atoms with Gasteiger partial charge in [-0.2, -0.15) is 0 Å². The second kappa shape index (κ2) is 7.24. The number of rotatable bonds is 5. The molecular formula is C17H34IN3O. The molecule has 5 heteroatoms. The van der Waals surface area contributed by atoms with Crippen molar-refractivity contribution >= 4 is 29.9 Å². The average Bonchev–Trinajstić information content (AvgIpc) is 2.39. The third kappa shape index (κ3) is 3.55. The summed E-state index contributed by atoms with van der Waals surface area (Å²) in [4.78, 5) is 6.93. The molecule has 0 aromatic rings. The van der Waals surface area contributed by atoms with Crippen molar-refractivity contribution in [3.63, 3.8) is 0 Å². The van der Waals surface area contributed by atoms with E-state index in [0.29, 0.717) is 10.8 Å². The van der Waals surface area contributed by atoms with E-state index in [4.69, 9.17) is 4.74 Å². The van der Waals surface area contributed by atoms with Gasteiger partial charge in [0.1, 0.15) is 0 Å². The minimum absolute atomic E-state index is 0. The number of nitrogens with one attached hydrogen (secondary N) is 1. The zero-order valence-electron chi connectivity index (χ0n) is 15.2. The highest BCUT2D eigenvalue weighted by atomic mass is 127. The second-order valence-corrected chi connectivity index (χ2v) is 8.03. The summed E-state index contributed by atoms with van der Waals surface area (Å²) < 4.78 is 5.28. The number of guanidine groups is 1. The maximum absolute atomic E-state index is 5.28. The Labute approximate surface area is 153 Å². The van der Waals surface area contributed by atoms with Gasteiger partial charge in [0.2, 0.25) is 0 Å². The molecule has 1 N–H and O–H groups in total. The lowest BCUT2D eigenvalue weighted by atomic mass is 9.65. The molecular weight excluding hydrogens is 389 g/mol. The van der Waals surface area contributed by atoms with E-state index in [1.165, 1.54) is 19.3 Å². The zero-order valence-corrected chi connectivity index (χ0v) is 17.5. The molecule has 0 unspecified atom stereocenters. The Kier molecular flexibility index (Phi) is 6.58. The van der Waals surface area contributed by atoms with E-state index in [1.54, 1.807) is 7.11 Å². The van der Waals surface area contributed by atoms with Gasteiger partial charge in [0.05, 0.1) is 0 Å². The Morgan fingerprint density at radius 1 is 1.23 bits per heavy atom. The summed E-state index contributed by atoms with van der Waals surface area (Å²) in [6.45, 7) is 12.3. The van der Waals surface area contributed by atoms with Crippen molar-refractivity contribution < 1.29 is 4.74 Å². The number of hydrogen-bond acceptors (Lipinski definition) is 2. The molecule has 1 saturated heterocycles. The van der Waals surface area contributed by atoms with E-state index in [-0.39, 0.29) is 29.5 Å². The van der Waals surface area contributed by atoms with Crippen LogP contribution >= 0.6 is 24.0 Å². The average molecular weight is 423 g/mol. The molecule has 2 aliphatic rings. The minimum Gasteiger partial charge on any atom is -0.385 e. The van der Waals surface area contributed by atoms with Crippen molar-refractivity contribution in [1.82, 2.24) is 10.2 Å². The molecule has 0 bridgehead atoms. The molecule has 0 atom stereocenters. The zero-order chi connectivity index (χ0) is 15.7. The van der Waals surface area contributed by atoms with Gasteiger partial charge in [-0.15, -0.1) is 24.0 Å². The van der Waals surface area contributed by atoms with Crippen LogP contribution in [0.15, 0.2) is 4.99 Å². The summed E-state index contributed by atoms with van der Waals surface area (Å²) in [7, 11) is 3.69. The third-order valence-corrected chi connectivity index (χ3v) is 6.22. The van der Waals surface area contributed by atoms with Crippen LogP contribution in [0.5, 0.6) is 0 Å². The lowest BCUT2D eigenvalue weighted by Gasteiger charge is -2.62. The highest BCUT2D eigenvalue weighted by Crippen LogP contribution is 2.47. The lowest BCUT2D eigenvalue weighted by molar-refractivity contribution is -0.0674. The number of hydrogen-bond donors (Lipinski definition) is 1. The van der Waals surface area contributed by atoms with Crippen LogP contribution in [0.4, 0.5) is 0 Å². The van der Waals surface area contributed by atoms with E-state index in [1.807, 2.05) is 7.05 Å². The van der Waals surface area contributed by atoms with Crippen LogP contribution in [0.25, 0.3) is 0 Å². The van der Waals surface area contributed by atoms with Gasteiger partial charge in [-0.1, -0.05) is 20.3 Å². The Balaban J connectivity index is 0.00000242. The predicted octanol–water partition coefficient (Wildman–Crippen LogP) is 3.51. The first-order valence-corrected chi connectivity index (χ1v) is 8.25. The Hall–Kier alpha value is -0.0400. The van der Waals surface area contributed by atoms with Gasteiger partial charge in [-0.3, -0.25) is 4.99 Å². The number of ether oxygens (including phenoxy) is 1. The van der Waals surface area contributed by atoms with Gasteiger partial charge < -0.3 is 15.0 Å². The summed E-state index contributed by atoms with van der Waals surface area (Å²) in [6, 6.07) is 0. The first kappa shape index (κ1) is 20.0. The maximum atomic E-state index is 5.28. The first-order chi connectivity index (χ1) is 9.78. The predicted molar refractivity (Wildman–Crippen MR) is 104 cm³/mol. The van der Waals surface area contributed by atoms with Crippen molar-refractivity contribution in [3.8, 4) is 0 Å². The smallest absolute Gasteiger partial charge is 0.194 e. The van der Waals surface area contributed by atoms with Crippen molar-refractivity contribution in [3.05, 3.63) is 0 Å². The van der Waals surface area contributed by atoms with E-state index in [0.717, 1.165) is 32.1 Å². The normalized spacial score (nSPS) is 24.8. The van der Waals surface area contributed by atoms with Gasteiger partial charge in [-0.05, 0) is 38.5 Å². The maximum Gasteiger partial charge on any atom is 0.194 e. The van der Waals surface area contributed by atoms with Gasteiger partial charge in [0.15, 0.2) is 5.96 Å². The van der Waals surface area contributed by atoms with Gasteiger partial charge >= 0.3 is 0 Å². The lowest BCUT2D eigenvalue weighted by Crippen LogP contribution is -2.72. The number of nitrogens with zero attached hydrogens (tertiary/aromatic N) is 2. The quantitative estimate of drug-likeness (QED) is 0.418. The van der Waals surface area contributed by atoms with Crippen LogP contribution in [0.1, 0.15) is 53.4 Å². The van der Waals surface area contributed by atoms with Crippen molar-refractivity contribution in [2.75, 3.05) is 33.9 Å². The first-order valence-electron chi connectivity index (χ1n) is 8.25. The van der Waals surface area contributed by atoms with Gasteiger partial charge in [0.25, 0.3) is 0 Å². The van der Waals surface area contributed by atoms with Crippen molar-refractivity contribution in [2.45, 2.75) is 58.9 Å². The van der Waals surface area contributed by atoms with Crippen LogP contribution in [-0.2, 0) is 4.74 Å². The third-order valence-electron chi connectivity index (χ3n) is 6.22. The summed E-state index contributed by atoms with van der Waals surface area (Å²) in [5.41, 5.74) is 0.930. The summed E-state index contributed by atoms with van der Waals surface area (Å²) in [6.07, 6.45) is 5.14. The number of methoxy groups -OCH3 is 1. The molecule has 2 rings (SSSR count). The van der Waals surface area contributed by atoms with Crippen LogP contribution in [0.2, 0.25) is 0 Å². The van der Waals surface area contributed by atoms with E-state index >= 15 is 0 Å². The van der Waals surface area contributed by atoms with E-state index in [2.05, 4.69) is 42.9 Å². The fourth-order valence-corrected chi connectivity index (χ4v) is 3.47.